The molecule has 0 unspecified atom stereocenters. The highest BCUT2D eigenvalue weighted by Gasteiger charge is 2.10. The van der Waals surface area contributed by atoms with E-state index in [0.717, 1.165) is 15.9 Å². The number of hydrogen-bond donors (Lipinski definition) is 2. The number of aromatic amines is 1. The zero-order valence-corrected chi connectivity index (χ0v) is 11.0. The molecule has 0 saturated carbocycles. The first-order valence-electron chi connectivity index (χ1n) is 5.02. The van der Waals surface area contributed by atoms with Crippen LogP contribution < -0.4 is 5.32 Å². The van der Waals surface area contributed by atoms with Crippen LogP contribution in [0.2, 0.25) is 0 Å². The molecule has 17 heavy (non-hydrogen) atoms. The standard InChI is InChI=1S/C11H11BrN4O/c1-6-3-7(2)15-11(14-6)16-10(17)9-4-8(12)5-13-9/h3-5,13H,1-2H3,(H,14,15,16,17). The Bertz CT molecular complexity index is 544. The summed E-state index contributed by atoms with van der Waals surface area (Å²) in [6, 6.07) is 3.54. The van der Waals surface area contributed by atoms with Crippen molar-refractivity contribution in [3.63, 3.8) is 0 Å². The lowest BCUT2D eigenvalue weighted by molar-refractivity contribution is 0.102. The van der Waals surface area contributed by atoms with Gasteiger partial charge in [-0.25, -0.2) is 9.97 Å². The monoisotopic (exact) mass is 294 g/mol. The van der Waals surface area contributed by atoms with Gasteiger partial charge in [-0.1, -0.05) is 0 Å². The van der Waals surface area contributed by atoms with E-state index in [0.29, 0.717) is 11.6 Å². The number of carbonyl (C=O) groups excluding carboxylic acids is 1. The largest absolute Gasteiger partial charge is 0.356 e. The summed E-state index contributed by atoms with van der Waals surface area (Å²) >= 11 is 3.27. The van der Waals surface area contributed by atoms with Crippen molar-refractivity contribution in [3.05, 3.63) is 39.9 Å². The molecule has 0 saturated heterocycles. The van der Waals surface area contributed by atoms with E-state index >= 15 is 0 Å². The molecule has 88 valence electrons. The molecule has 2 N–H and O–H groups in total. The fourth-order valence-corrected chi connectivity index (χ4v) is 1.79. The van der Waals surface area contributed by atoms with Crippen molar-refractivity contribution in [1.29, 1.82) is 0 Å². The molecule has 2 rings (SSSR count). The Kier molecular flexibility index (Phi) is 3.23. The summed E-state index contributed by atoms with van der Waals surface area (Å²) in [4.78, 5) is 22.9. The topological polar surface area (TPSA) is 70.7 Å². The Hall–Kier alpha value is -1.69. The van der Waals surface area contributed by atoms with E-state index in [1.54, 1.807) is 12.3 Å². The van der Waals surface area contributed by atoms with E-state index in [4.69, 9.17) is 0 Å². The fraction of sp³-hybridized carbons (Fsp3) is 0.182. The second kappa shape index (κ2) is 4.67. The van der Waals surface area contributed by atoms with Crippen LogP contribution in [0.15, 0.2) is 22.8 Å². The van der Waals surface area contributed by atoms with Gasteiger partial charge in [0.2, 0.25) is 5.95 Å². The van der Waals surface area contributed by atoms with Gasteiger partial charge in [0.25, 0.3) is 5.91 Å². The summed E-state index contributed by atoms with van der Waals surface area (Å²) in [5, 5.41) is 2.64. The molecule has 0 aliphatic heterocycles. The summed E-state index contributed by atoms with van der Waals surface area (Å²) < 4.78 is 0.823. The molecular weight excluding hydrogens is 284 g/mol. The number of amides is 1. The first-order chi connectivity index (χ1) is 8.04. The van der Waals surface area contributed by atoms with Gasteiger partial charge in [-0.3, -0.25) is 10.1 Å². The number of halogens is 1. The zero-order valence-electron chi connectivity index (χ0n) is 9.41. The van der Waals surface area contributed by atoms with Crippen LogP contribution in [0.4, 0.5) is 5.95 Å². The molecule has 2 aromatic rings. The van der Waals surface area contributed by atoms with Crippen LogP contribution in [0.1, 0.15) is 21.9 Å². The lowest BCUT2D eigenvalue weighted by Crippen LogP contribution is -2.15. The first kappa shape index (κ1) is 11.8. The second-order valence-electron chi connectivity index (χ2n) is 3.66. The molecule has 0 radical (unpaired) electrons. The van der Waals surface area contributed by atoms with Crippen molar-refractivity contribution in [2.24, 2.45) is 0 Å². The molecule has 5 nitrogen and oxygen atoms in total. The number of hydrogen-bond acceptors (Lipinski definition) is 3. The Morgan fingerprint density at radius 1 is 1.29 bits per heavy atom. The van der Waals surface area contributed by atoms with Crippen molar-refractivity contribution < 1.29 is 4.79 Å². The van der Waals surface area contributed by atoms with Gasteiger partial charge in [-0.15, -0.1) is 0 Å². The zero-order chi connectivity index (χ0) is 12.4. The third-order valence-electron chi connectivity index (χ3n) is 2.10. The normalized spacial score (nSPS) is 10.3. The molecule has 0 aliphatic carbocycles. The molecule has 0 fully saturated rings. The van der Waals surface area contributed by atoms with Gasteiger partial charge >= 0.3 is 0 Å². The maximum Gasteiger partial charge on any atom is 0.274 e. The Morgan fingerprint density at radius 3 is 2.47 bits per heavy atom. The van der Waals surface area contributed by atoms with Gasteiger partial charge in [-0.05, 0) is 41.9 Å². The molecule has 0 aliphatic rings. The quantitative estimate of drug-likeness (QED) is 0.894. The molecule has 0 bridgehead atoms. The molecule has 0 atom stereocenters. The number of anilines is 1. The maximum absolute atomic E-state index is 11.8. The van der Waals surface area contributed by atoms with Crippen molar-refractivity contribution in [1.82, 2.24) is 15.0 Å². The third-order valence-corrected chi connectivity index (χ3v) is 2.56. The van der Waals surface area contributed by atoms with Gasteiger partial charge in [0, 0.05) is 22.1 Å². The first-order valence-corrected chi connectivity index (χ1v) is 5.81. The minimum Gasteiger partial charge on any atom is -0.356 e. The highest BCUT2D eigenvalue weighted by Crippen LogP contribution is 2.12. The summed E-state index contributed by atoms with van der Waals surface area (Å²) in [6.45, 7) is 3.71. The molecule has 0 aromatic carbocycles. The average Bonchev–Trinajstić information content (AvgIpc) is 2.63. The van der Waals surface area contributed by atoms with Gasteiger partial charge in [0.05, 0.1) is 0 Å². The Labute approximate surface area is 107 Å². The minimum atomic E-state index is -0.263. The number of nitrogens with one attached hydrogen (secondary N) is 2. The number of H-pyrrole nitrogens is 1. The van der Waals surface area contributed by atoms with E-state index in [1.165, 1.54) is 0 Å². The lowest BCUT2D eigenvalue weighted by atomic mass is 10.3. The molecule has 6 heteroatoms. The highest BCUT2D eigenvalue weighted by molar-refractivity contribution is 9.10. The number of aromatic nitrogens is 3. The Balaban J connectivity index is 2.18. The van der Waals surface area contributed by atoms with E-state index in [-0.39, 0.29) is 5.91 Å². The minimum absolute atomic E-state index is 0.263. The molecule has 2 aromatic heterocycles. The average molecular weight is 295 g/mol. The predicted molar refractivity (Wildman–Crippen MR) is 68.0 cm³/mol. The van der Waals surface area contributed by atoms with E-state index in [1.807, 2.05) is 19.9 Å². The molecule has 1 amide bonds. The van der Waals surface area contributed by atoms with E-state index < -0.39 is 0 Å². The maximum atomic E-state index is 11.8. The number of carbonyl (C=O) groups is 1. The molecule has 2 heterocycles. The lowest BCUT2D eigenvalue weighted by Gasteiger charge is -2.04. The van der Waals surface area contributed by atoms with Crippen molar-refractivity contribution in [2.75, 3.05) is 5.32 Å². The van der Waals surface area contributed by atoms with Gasteiger partial charge in [0.1, 0.15) is 5.69 Å². The SMILES string of the molecule is Cc1cc(C)nc(NC(=O)c2cc(Br)c[nH]2)n1. The number of nitrogens with zero attached hydrogens (tertiary/aromatic N) is 2. The van der Waals surface area contributed by atoms with E-state index in [2.05, 4.69) is 36.2 Å². The van der Waals surface area contributed by atoms with Gasteiger partial charge in [0.15, 0.2) is 0 Å². The second-order valence-corrected chi connectivity index (χ2v) is 4.58. The van der Waals surface area contributed by atoms with Gasteiger partial charge < -0.3 is 4.98 Å². The van der Waals surface area contributed by atoms with Crippen LogP contribution in [0.3, 0.4) is 0 Å². The van der Waals surface area contributed by atoms with Crippen molar-refractivity contribution in [2.45, 2.75) is 13.8 Å². The van der Waals surface area contributed by atoms with Crippen molar-refractivity contribution in [3.8, 4) is 0 Å². The number of aryl methyl sites for hydroxylation is 2. The summed E-state index contributed by atoms with van der Waals surface area (Å²) in [7, 11) is 0. The van der Waals surface area contributed by atoms with Crippen LogP contribution in [0.5, 0.6) is 0 Å². The van der Waals surface area contributed by atoms with Crippen LogP contribution in [-0.4, -0.2) is 20.9 Å². The smallest absolute Gasteiger partial charge is 0.274 e. The fourth-order valence-electron chi connectivity index (χ4n) is 1.45. The van der Waals surface area contributed by atoms with Crippen LogP contribution in [0.25, 0.3) is 0 Å². The van der Waals surface area contributed by atoms with Gasteiger partial charge in [-0.2, -0.15) is 0 Å². The van der Waals surface area contributed by atoms with Crippen LogP contribution in [0, 0.1) is 13.8 Å². The Morgan fingerprint density at radius 2 is 1.94 bits per heavy atom. The highest BCUT2D eigenvalue weighted by atomic mass is 79.9. The van der Waals surface area contributed by atoms with E-state index in [9.17, 15) is 4.79 Å². The predicted octanol–water partition coefficient (Wildman–Crippen LogP) is 2.44. The summed E-state index contributed by atoms with van der Waals surface area (Å²) in [5.74, 6) is 0.0546. The summed E-state index contributed by atoms with van der Waals surface area (Å²) in [6.07, 6.45) is 1.69. The van der Waals surface area contributed by atoms with Crippen LogP contribution >= 0.6 is 15.9 Å². The summed E-state index contributed by atoms with van der Waals surface area (Å²) in [5.41, 5.74) is 2.10. The molecule has 0 spiro atoms. The number of rotatable bonds is 2. The van der Waals surface area contributed by atoms with Crippen molar-refractivity contribution >= 4 is 27.8 Å². The molecular formula is C11H11BrN4O. The van der Waals surface area contributed by atoms with Crippen LogP contribution in [-0.2, 0) is 0 Å². The third kappa shape index (κ3) is 2.91.